The first-order valence-corrected chi connectivity index (χ1v) is 6.60. The molecule has 0 unspecified atom stereocenters. The Hall–Kier alpha value is -2.41. The predicted octanol–water partition coefficient (Wildman–Crippen LogP) is 3.55. The van der Waals surface area contributed by atoms with Gasteiger partial charge in [0.2, 0.25) is 0 Å². The van der Waals surface area contributed by atoms with Crippen LogP contribution in [0.3, 0.4) is 0 Å². The summed E-state index contributed by atoms with van der Waals surface area (Å²) in [5, 5.41) is 8.98. The molecule has 2 rings (SSSR count). The van der Waals surface area contributed by atoms with E-state index in [1.165, 1.54) is 0 Å². The SMILES string of the molecule is Cc1cc(N(C)c2cccc(C#N)c2)nc(C(C)C)n1. The van der Waals surface area contributed by atoms with Gasteiger partial charge in [0, 0.05) is 30.4 Å². The topological polar surface area (TPSA) is 52.8 Å². The molecule has 4 heteroatoms. The lowest BCUT2D eigenvalue weighted by molar-refractivity contribution is 0.764. The molecule has 2 aromatic rings. The zero-order valence-corrected chi connectivity index (χ0v) is 12.3. The maximum Gasteiger partial charge on any atom is 0.136 e. The average molecular weight is 266 g/mol. The van der Waals surface area contributed by atoms with Crippen LogP contribution < -0.4 is 4.90 Å². The molecule has 20 heavy (non-hydrogen) atoms. The number of benzene rings is 1. The lowest BCUT2D eigenvalue weighted by Crippen LogP contribution is -2.14. The summed E-state index contributed by atoms with van der Waals surface area (Å²) in [6.07, 6.45) is 0. The van der Waals surface area contributed by atoms with Crippen LogP contribution >= 0.6 is 0 Å². The molecular weight excluding hydrogens is 248 g/mol. The van der Waals surface area contributed by atoms with Crippen molar-refractivity contribution in [2.24, 2.45) is 0 Å². The molecule has 0 saturated heterocycles. The van der Waals surface area contributed by atoms with Crippen molar-refractivity contribution in [1.82, 2.24) is 9.97 Å². The molecule has 0 spiro atoms. The Bertz CT molecular complexity index is 656. The molecule has 0 atom stereocenters. The molecule has 102 valence electrons. The van der Waals surface area contributed by atoms with Gasteiger partial charge in [0.05, 0.1) is 11.6 Å². The highest BCUT2D eigenvalue weighted by molar-refractivity contribution is 5.61. The number of hydrogen-bond donors (Lipinski definition) is 0. The van der Waals surface area contributed by atoms with Crippen molar-refractivity contribution < 1.29 is 0 Å². The number of anilines is 2. The van der Waals surface area contributed by atoms with Crippen LogP contribution in [-0.2, 0) is 0 Å². The predicted molar refractivity (Wildman–Crippen MR) is 80.1 cm³/mol. The molecule has 1 aromatic carbocycles. The van der Waals surface area contributed by atoms with Crippen LogP contribution in [0.25, 0.3) is 0 Å². The zero-order chi connectivity index (χ0) is 14.7. The Morgan fingerprint density at radius 2 is 1.95 bits per heavy atom. The summed E-state index contributed by atoms with van der Waals surface area (Å²) in [4.78, 5) is 11.0. The van der Waals surface area contributed by atoms with E-state index in [1.807, 2.05) is 43.1 Å². The molecule has 0 bridgehead atoms. The van der Waals surface area contributed by atoms with Gasteiger partial charge in [-0.05, 0) is 25.1 Å². The first kappa shape index (κ1) is 14.0. The number of hydrogen-bond acceptors (Lipinski definition) is 4. The molecule has 0 aliphatic carbocycles. The second-order valence-corrected chi connectivity index (χ2v) is 5.10. The summed E-state index contributed by atoms with van der Waals surface area (Å²) in [5.74, 6) is 1.96. The Balaban J connectivity index is 2.42. The molecule has 0 fully saturated rings. The molecular formula is C16H18N4. The lowest BCUT2D eigenvalue weighted by atomic mass is 10.2. The summed E-state index contributed by atoms with van der Waals surface area (Å²) in [6, 6.07) is 11.6. The van der Waals surface area contributed by atoms with E-state index in [9.17, 15) is 0 Å². The summed E-state index contributed by atoms with van der Waals surface area (Å²) >= 11 is 0. The minimum Gasteiger partial charge on any atom is -0.329 e. The van der Waals surface area contributed by atoms with Crippen molar-refractivity contribution in [3.05, 3.63) is 47.4 Å². The van der Waals surface area contributed by atoms with Crippen LogP contribution in [0.2, 0.25) is 0 Å². The van der Waals surface area contributed by atoms with E-state index >= 15 is 0 Å². The average Bonchev–Trinajstić information content (AvgIpc) is 2.45. The van der Waals surface area contributed by atoms with Gasteiger partial charge in [-0.15, -0.1) is 0 Å². The highest BCUT2D eigenvalue weighted by atomic mass is 15.2. The van der Waals surface area contributed by atoms with Crippen LogP contribution in [-0.4, -0.2) is 17.0 Å². The van der Waals surface area contributed by atoms with Crippen molar-refractivity contribution in [3.63, 3.8) is 0 Å². The summed E-state index contributed by atoms with van der Waals surface area (Å²) in [7, 11) is 1.95. The third-order valence-electron chi connectivity index (χ3n) is 3.08. The fourth-order valence-electron chi connectivity index (χ4n) is 1.92. The number of aromatic nitrogens is 2. The minimum atomic E-state index is 0.285. The number of nitriles is 1. The van der Waals surface area contributed by atoms with E-state index in [2.05, 4.69) is 29.9 Å². The first-order valence-electron chi connectivity index (χ1n) is 6.60. The highest BCUT2D eigenvalue weighted by Crippen LogP contribution is 2.24. The van der Waals surface area contributed by atoms with Gasteiger partial charge in [-0.3, -0.25) is 0 Å². The largest absolute Gasteiger partial charge is 0.329 e. The highest BCUT2D eigenvalue weighted by Gasteiger charge is 2.11. The van der Waals surface area contributed by atoms with Gasteiger partial charge >= 0.3 is 0 Å². The number of nitrogens with zero attached hydrogens (tertiary/aromatic N) is 4. The molecule has 0 aliphatic rings. The van der Waals surface area contributed by atoms with Crippen LogP contribution in [0.15, 0.2) is 30.3 Å². The zero-order valence-electron chi connectivity index (χ0n) is 12.3. The second kappa shape index (κ2) is 5.70. The standard InChI is InChI=1S/C16H18N4/c1-11(2)16-18-12(3)8-15(19-16)20(4)14-7-5-6-13(9-14)10-17/h5-9,11H,1-4H3. The summed E-state index contributed by atoms with van der Waals surface area (Å²) in [6.45, 7) is 6.13. The molecule has 0 saturated carbocycles. The van der Waals surface area contributed by atoms with Gasteiger partial charge in [-0.2, -0.15) is 5.26 Å². The Morgan fingerprint density at radius 3 is 2.60 bits per heavy atom. The van der Waals surface area contributed by atoms with E-state index in [0.29, 0.717) is 5.56 Å². The minimum absolute atomic E-state index is 0.285. The Labute approximate surface area is 119 Å². The van der Waals surface area contributed by atoms with Gasteiger partial charge in [0.1, 0.15) is 11.6 Å². The van der Waals surface area contributed by atoms with E-state index in [4.69, 9.17) is 5.26 Å². The van der Waals surface area contributed by atoms with E-state index in [1.54, 1.807) is 6.07 Å². The fourth-order valence-corrected chi connectivity index (χ4v) is 1.92. The van der Waals surface area contributed by atoms with Gasteiger partial charge in [-0.25, -0.2) is 9.97 Å². The molecule has 0 amide bonds. The smallest absolute Gasteiger partial charge is 0.136 e. The molecule has 1 heterocycles. The normalized spacial score (nSPS) is 10.4. The Kier molecular flexibility index (Phi) is 3.99. The monoisotopic (exact) mass is 266 g/mol. The number of rotatable bonds is 3. The van der Waals surface area contributed by atoms with Gasteiger partial charge in [0.25, 0.3) is 0 Å². The first-order chi connectivity index (χ1) is 9.51. The second-order valence-electron chi connectivity index (χ2n) is 5.10. The van der Waals surface area contributed by atoms with Gasteiger partial charge < -0.3 is 4.90 Å². The maximum atomic E-state index is 8.98. The van der Waals surface area contributed by atoms with E-state index in [0.717, 1.165) is 23.0 Å². The van der Waals surface area contributed by atoms with Gasteiger partial charge in [0.15, 0.2) is 0 Å². The molecule has 0 radical (unpaired) electrons. The van der Waals surface area contributed by atoms with E-state index in [-0.39, 0.29) is 5.92 Å². The van der Waals surface area contributed by atoms with Crippen molar-refractivity contribution in [2.75, 3.05) is 11.9 Å². The van der Waals surface area contributed by atoms with Crippen LogP contribution in [0.1, 0.15) is 36.8 Å². The van der Waals surface area contributed by atoms with Crippen LogP contribution in [0, 0.1) is 18.3 Å². The van der Waals surface area contributed by atoms with Crippen molar-refractivity contribution in [2.45, 2.75) is 26.7 Å². The van der Waals surface area contributed by atoms with Crippen LogP contribution in [0.4, 0.5) is 11.5 Å². The fraction of sp³-hybridized carbons (Fsp3) is 0.312. The molecule has 0 aliphatic heterocycles. The third-order valence-corrected chi connectivity index (χ3v) is 3.08. The lowest BCUT2D eigenvalue weighted by Gasteiger charge is -2.20. The van der Waals surface area contributed by atoms with Crippen molar-refractivity contribution in [1.29, 1.82) is 5.26 Å². The molecule has 1 aromatic heterocycles. The summed E-state index contributed by atoms with van der Waals surface area (Å²) < 4.78 is 0. The molecule has 4 nitrogen and oxygen atoms in total. The number of aryl methyl sites for hydroxylation is 1. The van der Waals surface area contributed by atoms with Crippen molar-refractivity contribution >= 4 is 11.5 Å². The molecule has 0 N–H and O–H groups in total. The van der Waals surface area contributed by atoms with Gasteiger partial charge in [-0.1, -0.05) is 19.9 Å². The van der Waals surface area contributed by atoms with Crippen LogP contribution in [0.5, 0.6) is 0 Å². The van der Waals surface area contributed by atoms with E-state index < -0.39 is 0 Å². The maximum absolute atomic E-state index is 8.98. The third kappa shape index (κ3) is 2.94. The summed E-state index contributed by atoms with van der Waals surface area (Å²) in [5.41, 5.74) is 2.53. The Morgan fingerprint density at radius 1 is 1.20 bits per heavy atom. The quantitative estimate of drug-likeness (QED) is 0.852. The van der Waals surface area contributed by atoms with Crippen molar-refractivity contribution in [3.8, 4) is 6.07 Å².